The Bertz CT molecular complexity index is 1130. The first-order valence-corrected chi connectivity index (χ1v) is 10.8. The topological polar surface area (TPSA) is 59.3 Å². The first-order valence-electron chi connectivity index (χ1n) is 8.94. The first kappa shape index (κ1) is 18.7. The second-order valence-corrected chi connectivity index (χ2v) is 8.56. The molecule has 0 aliphatic heterocycles. The van der Waals surface area contributed by atoms with Crippen molar-refractivity contribution in [2.45, 2.75) is 31.0 Å². The minimum atomic E-state index is -0.0914. The number of hydrogen-bond acceptors (Lipinski definition) is 5. The second kappa shape index (κ2) is 8.16. The number of amides is 1. The smallest absolute Gasteiger partial charge is 0.252 e. The molecule has 0 saturated carbocycles. The molecule has 0 bridgehead atoms. The van der Waals surface area contributed by atoms with Crippen LogP contribution in [0.15, 0.2) is 59.1 Å². The van der Waals surface area contributed by atoms with Crippen LogP contribution in [0.3, 0.4) is 0 Å². The van der Waals surface area contributed by atoms with Crippen LogP contribution < -0.4 is 5.32 Å². The number of benzene rings is 1. The Morgan fingerprint density at radius 3 is 2.79 bits per heavy atom. The number of fused-ring (bicyclic) bond motifs is 1. The van der Waals surface area contributed by atoms with Crippen LogP contribution >= 0.6 is 23.1 Å². The van der Waals surface area contributed by atoms with Crippen molar-refractivity contribution in [2.24, 2.45) is 0 Å². The van der Waals surface area contributed by atoms with Gasteiger partial charge in [0.25, 0.3) is 5.91 Å². The Morgan fingerprint density at radius 1 is 1.14 bits per heavy atom. The largest absolute Gasteiger partial charge is 0.346 e. The van der Waals surface area contributed by atoms with Crippen LogP contribution in [0.5, 0.6) is 0 Å². The number of imidazole rings is 1. The molecule has 0 aliphatic carbocycles. The highest BCUT2D eigenvalue weighted by Gasteiger charge is 2.13. The summed E-state index contributed by atoms with van der Waals surface area (Å²) in [7, 11) is 0. The number of aryl methyl sites for hydroxylation is 2. The maximum Gasteiger partial charge on any atom is 0.252 e. The van der Waals surface area contributed by atoms with Crippen molar-refractivity contribution in [3.63, 3.8) is 0 Å². The molecule has 0 aliphatic rings. The van der Waals surface area contributed by atoms with Crippen molar-refractivity contribution in [3.05, 3.63) is 81.7 Å². The van der Waals surface area contributed by atoms with Crippen LogP contribution in [-0.4, -0.2) is 20.3 Å². The molecule has 1 aromatic carbocycles. The van der Waals surface area contributed by atoms with Gasteiger partial charge >= 0.3 is 0 Å². The van der Waals surface area contributed by atoms with Gasteiger partial charge in [-0.1, -0.05) is 18.2 Å². The van der Waals surface area contributed by atoms with E-state index in [1.54, 1.807) is 23.1 Å². The molecule has 0 saturated heterocycles. The summed E-state index contributed by atoms with van der Waals surface area (Å²) in [6, 6.07) is 11.7. The van der Waals surface area contributed by atoms with Gasteiger partial charge < -0.3 is 9.72 Å². The van der Waals surface area contributed by atoms with E-state index in [1.165, 1.54) is 0 Å². The van der Waals surface area contributed by atoms with Crippen LogP contribution in [0.25, 0.3) is 5.65 Å². The van der Waals surface area contributed by atoms with Gasteiger partial charge in [-0.2, -0.15) is 0 Å². The molecule has 4 rings (SSSR count). The third-order valence-electron chi connectivity index (χ3n) is 4.33. The summed E-state index contributed by atoms with van der Waals surface area (Å²) < 4.78 is 1.98. The zero-order chi connectivity index (χ0) is 19.5. The van der Waals surface area contributed by atoms with Gasteiger partial charge in [0.15, 0.2) is 0 Å². The summed E-state index contributed by atoms with van der Waals surface area (Å²) in [5, 5.41) is 6.12. The zero-order valence-electron chi connectivity index (χ0n) is 15.7. The third kappa shape index (κ3) is 4.10. The molecule has 0 unspecified atom stereocenters. The molecule has 142 valence electrons. The van der Waals surface area contributed by atoms with Gasteiger partial charge in [0, 0.05) is 28.4 Å². The molecular formula is C21H20N4OS2. The van der Waals surface area contributed by atoms with Crippen LogP contribution in [-0.2, 0) is 12.3 Å². The molecule has 4 aromatic rings. The molecule has 1 amide bonds. The molecule has 5 nitrogen and oxygen atoms in total. The Morgan fingerprint density at radius 2 is 2.00 bits per heavy atom. The quantitative estimate of drug-likeness (QED) is 0.473. The van der Waals surface area contributed by atoms with E-state index in [9.17, 15) is 4.79 Å². The predicted molar refractivity (Wildman–Crippen MR) is 114 cm³/mol. The summed E-state index contributed by atoms with van der Waals surface area (Å²) >= 11 is 3.28. The maximum absolute atomic E-state index is 12.8. The molecule has 0 spiro atoms. The summed E-state index contributed by atoms with van der Waals surface area (Å²) in [5.41, 5.74) is 4.59. The highest BCUT2D eigenvalue weighted by atomic mass is 32.2. The Hall–Kier alpha value is -2.64. The number of nitrogens with zero attached hydrogens (tertiary/aromatic N) is 3. The van der Waals surface area contributed by atoms with Gasteiger partial charge in [0.05, 0.1) is 28.5 Å². The van der Waals surface area contributed by atoms with Crippen molar-refractivity contribution >= 4 is 34.7 Å². The average Bonchev–Trinajstić information content (AvgIpc) is 3.31. The van der Waals surface area contributed by atoms with E-state index >= 15 is 0 Å². The number of aromatic nitrogens is 3. The lowest BCUT2D eigenvalue weighted by Gasteiger charge is -2.08. The van der Waals surface area contributed by atoms with Crippen LogP contribution in [0.4, 0.5) is 0 Å². The maximum atomic E-state index is 12.8. The Balaban J connectivity index is 1.44. The van der Waals surface area contributed by atoms with E-state index in [-0.39, 0.29) is 5.91 Å². The SMILES string of the molecule is Cc1nc(CSc2ccccc2C(=O)NCc2cn3cccc(C)c3n2)cs1. The Labute approximate surface area is 171 Å². The van der Waals surface area contributed by atoms with Gasteiger partial charge in [-0.05, 0) is 37.6 Å². The molecule has 0 fully saturated rings. The summed E-state index contributed by atoms with van der Waals surface area (Å²) in [6.45, 7) is 4.42. The fourth-order valence-corrected chi connectivity index (χ4v) is 4.62. The lowest BCUT2D eigenvalue weighted by atomic mass is 10.2. The monoisotopic (exact) mass is 408 g/mol. The lowest BCUT2D eigenvalue weighted by Crippen LogP contribution is -2.23. The van der Waals surface area contributed by atoms with Gasteiger partial charge in [0.2, 0.25) is 0 Å². The number of nitrogens with one attached hydrogen (secondary N) is 1. The van der Waals surface area contributed by atoms with Crippen molar-refractivity contribution in [1.29, 1.82) is 0 Å². The van der Waals surface area contributed by atoms with E-state index in [0.717, 1.165) is 38.3 Å². The number of hydrogen-bond donors (Lipinski definition) is 1. The molecular weight excluding hydrogens is 388 g/mol. The van der Waals surface area contributed by atoms with Gasteiger partial charge in [0.1, 0.15) is 5.65 Å². The van der Waals surface area contributed by atoms with Crippen LogP contribution in [0.1, 0.15) is 32.3 Å². The van der Waals surface area contributed by atoms with E-state index in [1.807, 2.05) is 67.0 Å². The number of carbonyl (C=O) groups excluding carboxylic acids is 1. The number of thiazole rings is 1. The molecule has 28 heavy (non-hydrogen) atoms. The molecule has 7 heteroatoms. The minimum Gasteiger partial charge on any atom is -0.346 e. The fourth-order valence-electron chi connectivity index (χ4n) is 2.96. The van der Waals surface area contributed by atoms with Gasteiger partial charge in [-0.3, -0.25) is 4.79 Å². The highest BCUT2D eigenvalue weighted by molar-refractivity contribution is 7.98. The number of carbonyl (C=O) groups is 1. The standard InChI is InChI=1S/C21H20N4OS2/c1-14-6-5-9-25-11-16(24-20(14)25)10-22-21(26)18-7-3-4-8-19(18)28-13-17-12-27-15(2)23-17/h3-9,11-12H,10,13H2,1-2H3,(H,22,26). The summed E-state index contributed by atoms with van der Waals surface area (Å²) in [6.07, 6.45) is 3.92. The van der Waals surface area contributed by atoms with E-state index < -0.39 is 0 Å². The molecule has 0 atom stereocenters. The minimum absolute atomic E-state index is 0.0914. The van der Waals surface area contributed by atoms with E-state index in [0.29, 0.717) is 12.1 Å². The summed E-state index contributed by atoms with van der Waals surface area (Å²) in [5.74, 6) is 0.659. The van der Waals surface area contributed by atoms with Crippen molar-refractivity contribution in [3.8, 4) is 0 Å². The number of rotatable bonds is 6. The zero-order valence-corrected chi connectivity index (χ0v) is 17.3. The van der Waals surface area contributed by atoms with Crippen LogP contribution in [0.2, 0.25) is 0 Å². The van der Waals surface area contributed by atoms with Gasteiger partial charge in [-0.25, -0.2) is 9.97 Å². The third-order valence-corrected chi connectivity index (χ3v) is 6.26. The van der Waals surface area contributed by atoms with Crippen molar-refractivity contribution < 1.29 is 4.79 Å². The Kier molecular flexibility index (Phi) is 5.45. The average molecular weight is 409 g/mol. The normalized spacial score (nSPS) is 11.1. The number of thioether (sulfide) groups is 1. The fraction of sp³-hybridized carbons (Fsp3) is 0.190. The molecule has 0 radical (unpaired) electrons. The molecule has 3 aromatic heterocycles. The van der Waals surface area contributed by atoms with Crippen LogP contribution in [0, 0.1) is 13.8 Å². The molecule has 3 heterocycles. The summed E-state index contributed by atoms with van der Waals surface area (Å²) in [4.78, 5) is 22.8. The molecule has 1 N–H and O–H groups in total. The second-order valence-electron chi connectivity index (χ2n) is 6.48. The van der Waals surface area contributed by atoms with E-state index in [4.69, 9.17) is 0 Å². The lowest BCUT2D eigenvalue weighted by molar-refractivity contribution is 0.0947. The van der Waals surface area contributed by atoms with Crippen molar-refractivity contribution in [2.75, 3.05) is 0 Å². The first-order chi connectivity index (χ1) is 13.6. The van der Waals surface area contributed by atoms with Gasteiger partial charge in [-0.15, -0.1) is 23.1 Å². The number of pyridine rings is 1. The van der Waals surface area contributed by atoms with Crippen molar-refractivity contribution in [1.82, 2.24) is 19.7 Å². The van der Waals surface area contributed by atoms with E-state index in [2.05, 4.69) is 20.7 Å². The highest BCUT2D eigenvalue weighted by Crippen LogP contribution is 2.27. The predicted octanol–water partition coefficient (Wildman–Crippen LogP) is 4.63.